The number of nitrogens with zero attached hydrogens (tertiary/aromatic N) is 1. The Kier molecular flexibility index (Phi) is 3.15. The monoisotopic (exact) mass is 218 g/mol. The molecule has 0 fully saturated rings. The van der Waals surface area contributed by atoms with Gasteiger partial charge in [-0.05, 0) is 31.0 Å². The zero-order chi connectivity index (χ0) is 11.5. The Hall–Kier alpha value is -1.48. The number of aromatic nitrogens is 1. The standard InChI is InChI=1S/C13H15FN2/c1-9(8-15)7-13-11-3-2-4-12(14)10(11)5-6-16-13/h2-6,9H,7-8,15H2,1H3. The van der Waals surface area contributed by atoms with Crippen LogP contribution in [0.1, 0.15) is 12.6 Å². The third kappa shape index (κ3) is 2.04. The second-order valence-corrected chi connectivity index (χ2v) is 4.14. The summed E-state index contributed by atoms with van der Waals surface area (Å²) < 4.78 is 13.5. The molecule has 1 atom stereocenters. The summed E-state index contributed by atoms with van der Waals surface area (Å²) in [6.45, 7) is 2.69. The molecule has 0 aliphatic carbocycles. The van der Waals surface area contributed by atoms with E-state index in [4.69, 9.17) is 5.73 Å². The number of hydrogen-bond donors (Lipinski definition) is 1. The fraction of sp³-hybridized carbons (Fsp3) is 0.308. The molecule has 2 nitrogen and oxygen atoms in total. The molecule has 0 amide bonds. The molecule has 3 heteroatoms. The minimum atomic E-state index is -0.193. The van der Waals surface area contributed by atoms with Crippen molar-refractivity contribution >= 4 is 10.8 Å². The summed E-state index contributed by atoms with van der Waals surface area (Å²) in [5.41, 5.74) is 6.52. The third-order valence-corrected chi connectivity index (χ3v) is 2.78. The number of nitrogens with two attached hydrogens (primary N) is 1. The van der Waals surface area contributed by atoms with Crippen molar-refractivity contribution in [3.05, 3.63) is 42.0 Å². The molecule has 1 heterocycles. The lowest BCUT2D eigenvalue weighted by Gasteiger charge is -2.10. The van der Waals surface area contributed by atoms with Gasteiger partial charge >= 0.3 is 0 Å². The van der Waals surface area contributed by atoms with E-state index in [0.717, 1.165) is 17.5 Å². The van der Waals surface area contributed by atoms with E-state index in [1.54, 1.807) is 18.3 Å². The summed E-state index contributed by atoms with van der Waals surface area (Å²) in [6, 6.07) is 6.81. The quantitative estimate of drug-likeness (QED) is 0.859. The van der Waals surface area contributed by atoms with Crippen LogP contribution in [-0.4, -0.2) is 11.5 Å². The molecule has 2 rings (SSSR count). The zero-order valence-electron chi connectivity index (χ0n) is 9.28. The number of benzene rings is 1. The van der Waals surface area contributed by atoms with Crippen molar-refractivity contribution in [3.63, 3.8) is 0 Å². The predicted molar refractivity (Wildman–Crippen MR) is 63.6 cm³/mol. The summed E-state index contributed by atoms with van der Waals surface area (Å²) in [7, 11) is 0. The van der Waals surface area contributed by atoms with Gasteiger partial charge in [0.15, 0.2) is 0 Å². The van der Waals surface area contributed by atoms with Crippen LogP contribution in [0.5, 0.6) is 0 Å². The lowest BCUT2D eigenvalue weighted by Crippen LogP contribution is -2.14. The van der Waals surface area contributed by atoms with Crippen LogP contribution in [0, 0.1) is 11.7 Å². The second-order valence-electron chi connectivity index (χ2n) is 4.14. The van der Waals surface area contributed by atoms with E-state index in [-0.39, 0.29) is 5.82 Å². The summed E-state index contributed by atoms with van der Waals surface area (Å²) in [4.78, 5) is 4.31. The van der Waals surface area contributed by atoms with Crippen LogP contribution < -0.4 is 5.73 Å². The fourth-order valence-corrected chi connectivity index (χ4v) is 1.81. The Morgan fingerprint density at radius 3 is 2.88 bits per heavy atom. The largest absolute Gasteiger partial charge is 0.330 e. The molecule has 0 aliphatic rings. The minimum absolute atomic E-state index is 0.193. The van der Waals surface area contributed by atoms with E-state index in [1.807, 2.05) is 6.07 Å². The van der Waals surface area contributed by atoms with Crippen molar-refractivity contribution in [2.45, 2.75) is 13.3 Å². The molecular formula is C13H15FN2. The molecule has 2 N–H and O–H groups in total. The molecule has 1 aromatic carbocycles. The normalized spacial score (nSPS) is 12.9. The zero-order valence-corrected chi connectivity index (χ0v) is 9.28. The van der Waals surface area contributed by atoms with Crippen molar-refractivity contribution in [2.75, 3.05) is 6.54 Å². The van der Waals surface area contributed by atoms with Crippen LogP contribution in [0.3, 0.4) is 0 Å². The van der Waals surface area contributed by atoms with Gasteiger partial charge in [0.05, 0.1) is 0 Å². The van der Waals surface area contributed by atoms with Crippen LogP contribution in [0.2, 0.25) is 0 Å². The maximum atomic E-state index is 13.5. The molecule has 2 aromatic rings. The summed E-state index contributed by atoms with van der Waals surface area (Å²) in [5, 5.41) is 1.53. The number of halogens is 1. The van der Waals surface area contributed by atoms with Gasteiger partial charge in [0.25, 0.3) is 0 Å². The van der Waals surface area contributed by atoms with Gasteiger partial charge in [0, 0.05) is 22.7 Å². The van der Waals surface area contributed by atoms with Gasteiger partial charge in [-0.15, -0.1) is 0 Å². The number of pyridine rings is 1. The molecule has 1 aromatic heterocycles. The molecule has 0 bridgehead atoms. The first-order chi connectivity index (χ1) is 7.72. The van der Waals surface area contributed by atoms with Crippen molar-refractivity contribution in [1.29, 1.82) is 0 Å². The van der Waals surface area contributed by atoms with Gasteiger partial charge in [0.2, 0.25) is 0 Å². The number of fused-ring (bicyclic) bond motifs is 1. The molecule has 1 unspecified atom stereocenters. The first-order valence-corrected chi connectivity index (χ1v) is 5.44. The van der Waals surface area contributed by atoms with E-state index in [9.17, 15) is 4.39 Å². The Morgan fingerprint density at radius 1 is 1.31 bits per heavy atom. The van der Waals surface area contributed by atoms with E-state index >= 15 is 0 Å². The molecule has 0 saturated heterocycles. The van der Waals surface area contributed by atoms with Gasteiger partial charge in [-0.1, -0.05) is 19.1 Å². The SMILES string of the molecule is CC(CN)Cc1nccc2c(F)cccc12. The maximum Gasteiger partial charge on any atom is 0.131 e. The Morgan fingerprint density at radius 2 is 2.12 bits per heavy atom. The highest BCUT2D eigenvalue weighted by Gasteiger charge is 2.08. The predicted octanol–water partition coefficient (Wildman–Crippen LogP) is 2.51. The highest BCUT2D eigenvalue weighted by atomic mass is 19.1. The smallest absolute Gasteiger partial charge is 0.131 e. The average molecular weight is 218 g/mol. The number of rotatable bonds is 3. The van der Waals surface area contributed by atoms with Crippen LogP contribution >= 0.6 is 0 Å². The average Bonchev–Trinajstić information content (AvgIpc) is 2.30. The molecule has 0 saturated carbocycles. The summed E-state index contributed by atoms with van der Waals surface area (Å²) >= 11 is 0. The van der Waals surface area contributed by atoms with E-state index < -0.39 is 0 Å². The van der Waals surface area contributed by atoms with Crippen LogP contribution in [-0.2, 0) is 6.42 Å². The lowest BCUT2D eigenvalue weighted by atomic mass is 10.0. The first-order valence-electron chi connectivity index (χ1n) is 5.44. The summed E-state index contributed by atoms with van der Waals surface area (Å²) in [5.74, 6) is 0.169. The van der Waals surface area contributed by atoms with E-state index in [2.05, 4.69) is 11.9 Å². The number of hydrogen-bond acceptors (Lipinski definition) is 2. The fourth-order valence-electron chi connectivity index (χ4n) is 1.81. The molecule has 0 spiro atoms. The Balaban J connectivity index is 2.50. The molecular weight excluding hydrogens is 203 g/mol. The van der Waals surface area contributed by atoms with Crippen LogP contribution in [0.25, 0.3) is 10.8 Å². The second kappa shape index (κ2) is 4.58. The minimum Gasteiger partial charge on any atom is -0.330 e. The van der Waals surface area contributed by atoms with Gasteiger partial charge in [-0.2, -0.15) is 0 Å². The van der Waals surface area contributed by atoms with E-state index in [1.165, 1.54) is 6.07 Å². The molecule has 84 valence electrons. The topological polar surface area (TPSA) is 38.9 Å². The summed E-state index contributed by atoms with van der Waals surface area (Å²) in [6.07, 6.45) is 2.45. The van der Waals surface area contributed by atoms with Crippen molar-refractivity contribution in [3.8, 4) is 0 Å². The lowest BCUT2D eigenvalue weighted by molar-refractivity contribution is 0.586. The van der Waals surface area contributed by atoms with Crippen LogP contribution in [0.4, 0.5) is 4.39 Å². The Labute approximate surface area is 94.3 Å². The highest BCUT2D eigenvalue weighted by molar-refractivity contribution is 5.84. The van der Waals surface area contributed by atoms with Gasteiger partial charge in [0.1, 0.15) is 5.82 Å². The van der Waals surface area contributed by atoms with Gasteiger partial charge in [-0.25, -0.2) is 4.39 Å². The molecule has 16 heavy (non-hydrogen) atoms. The van der Waals surface area contributed by atoms with Crippen LogP contribution in [0.15, 0.2) is 30.5 Å². The third-order valence-electron chi connectivity index (χ3n) is 2.78. The van der Waals surface area contributed by atoms with Crippen molar-refractivity contribution in [2.24, 2.45) is 11.7 Å². The highest BCUT2D eigenvalue weighted by Crippen LogP contribution is 2.21. The van der Waals surface area contributed by atoms with Gasteiger partial charge in [-0.3, -0.25) is 4.98 Å². The van der Waals surface area contributed by atoms with Gasteiger partial charge < -0.3 is 5.73 Å². The molecule has 0 aliphatic heterocycles. The van der Waals surface area contributed by atoms with Crippen molar-refractivity contribution in [1.82, 2.24) is 4.98 Å². The molecule has 0 radical (unpaired) electrons. The maximum absolute atomic E-state index is 13.5. The van der Waals surface area contributed by atoms with E-state index in [0.29, 0.717) is 17.8 Å². The first kappa shape index (κ1) is 11.0. The Bertz CT molecular complexity index is 496. The van der Waals surface area contributed by atoms with Crippen molar-refractivity contribution < 1.29 is 4.39 Å².